The number of rotatable bonds is 11. The highest BCUT2D eigenvalue weighted by atomic mass is 32.2. The van der Waals surface area contributed by atoms with Crippen LogP contribution in [0.25, 0.3) is 10.8 Å². The molecule has 10 nitrogen and oxygen atoms in total. The Labute approximate surface area is 282 Å². The molecule has 1 amide bonds. The molecular weight excluding hydrogens is 632 g/mol. The van der Waals surface area contributed by atoms with Gasteiger partial charge in [0, 0.05) is 25.6 Å². The first kappa shape index (κ1) is 35.0. The average molecular weight is 677 g/mol. The molecule has 1 atom stereocenters. The van der Waals surface area contributed by atoms with Crippen LogP contribution >= 0.6 is 0 Å². The number of carbonyl (C=O) groups excluding carboxylic acids is 1. The van der Waals surface area contributed by atoms with Crippen molar-refractivity contribution < 1.29 is 36.7 Å². The van der Waals surface area contributed by atoms with Gasteiger partial charge in [-0.1, -0.05) is 30.3 Å². The summed E-state index contributed by atoms with van der Waals surface area (Å²) in [6.45, 7) is 3.47. The van der Waals surface area contributed by atoms with Gasteiger partial charge in [-0.3, -0.25) is 9.35 Å². The second-order valence-electron chi connectivity index (χ2n) is 12.2. The first-order valence-electron chi connectivity index (χ1n) is 16.0. The van der Waals surface area contributed by atoms with Gasteiger partial charge >= 0.3 is 0 Å². The van der Waals surface area contributed by atoms with Crippen molar-refractivity contribution in [3.63, 3.8) is 0 Å². The maximum atomic E-state index is 12.9. The van der Waals surface area contributed by atoms with Crippen LogP contribution in [0.2, 0.25) is 0 Å². The monoisotopic (exact) mass is 676 g/mol. The molecule has 0 unspecified atom stereocenters. The zero-order valence-corrected chi connectivity index (χ0v) is 29.0. The molecule has 0 fully saturated rings. The third kappa shape index (κ3) is 8.03. The number of methoxy groups -OCH3 is 4. The van der Waals surface area contributed by atoms with Crippen LogP contribution < -0.4 is 18.9 Å². The number of hydrogen-bond donors (Lipinski definition) is 1. The molecule has 0 saturated heterocycles. The summed E-state index contributed by atoms with van der Waals surface area (Å²) in [4.78, 5) is 17.2. The van der Waals surface area contributed by atoms with Crippen molar-refractivity contribution in [3.8, 4) is 23.0 Å². The molecule has 48 heavy (non-hydrogen) atoms. The summed E-state index contributed by atoms with van der Waals surface area (Å²) >= 11 is 0. The lowest BCUT2D eigenvalue weighted by atomic mass is 9.77. The minimum atomic E-state index is -4.09. The highest BCUT2D eigenvalue weighted by molar-refractivity contribution is 7.85. The SMILES string of the molecule is COc1cc2c(cc1OC)CC(=O)N(CCCN(C)C[C@H]1Cc3cc(OC)c(OC)cc31)CC2.O=S(=O)(O)c1ccc2ccccc2c1. The molecular formula is C37H44N2O8S. The molecule has 6 rings (SSSR count). The van der Waals surface area contributed by atoms with Crippen molar-refractivity contribution in [3.05, 3.63) is 89.0 Å². The van der Waals surface area contributed by atoms with Gasteiger partial charge in [0.05, 0.1) is 39.8 Å². The van der Waals surface area contributed by atoms with E-state index >= 15 is 0 Å². The summed E-state index contributed by atoms with van der Waals surface area (Å²) in [7, 11) is 4.70. The van der Waals surface area contributed by atoms with Gasteiger partial charge in [0.2, 0.25) is 5.91 Å². The standard InChI is InChI=1S/C27H36N2O5.C10H8O3S/c1-28(17-21-11-20-14-25(33-4)26(34-5)16-22(20)21)8-6-9-29-10-7-18-12-23(31-2)24(32-3)13-19(18)15-27(29)30;11-14(12,13)10-6-5-8-3-1-2-4-9(8)7-10/h12-14,16,21H,6-11,15,17H2,1-5H3;1-7H,(H,11,12,13)/t21-;/m1./s1. The van der Waals surface area contributed by atoms with E-state index in [1.807, 2.05) is 35.2 Å². The summed E-state index contributed by atoms with van der Waals surface area (Å²) in [6, 6.07) is 20.0. The predicted molar refractivity (Wildman–Crippen MR) is 185 cm³/mol. The van der Waals surface area contributed by atoms with E-state index in [2.05, 4.69) is 24.1 Å². The van der Waals surface area contributed by atoms with E-state index < -0.39 is 10.1 Å². The number of amides is 1. The fourth-order valence-corrected chi connectivity index (χ4v) is 7.00. The molecule has 0 bridgehead atoms. The van der Waals surface area contributed by atoms with Crippen molar-refractivity contribution in [2.45, 2.75) is 36.5 Å². The number of ether oxygens (including phenoxy) is 4. The van der Waals surface area contributed by atoms with Gasteiger partial charge in [0.25, 0.3) is 10.1 Å². The normalized spacial score (nSPS) is 15.4. The molecule has 2 aliphatic rings. The summed E-state index contributed by atoms with van der Waals surface area (Å²) in [5.41, 5.74) is 4.91. The maximum Gasteiger partial charge on any atom is 0.294 e. The van der Waals surface area contributed by atoms with E-state index in [0.717, 1.165) is 79.0 Å². The average Bonchev–Trinajstić information content (AvgIpc) is 3.23. The van der Waals surface area contributed by atoms with E-state index in [-0.39, 0.29) is 10.8 Å². The molecule has 11 heteroatoms. The fourth-order valence-electron chi connectivity index (χ4n) is 6.48. The number of carbonyl (C=O) groups is 1. The van der Waals surface area contributed by atoms with Gasteiger partial charge in [0.1, 0.15) is 0 Å². The topological polar surface area (TPSA) is 115 Å². The van der Waals surface area contributed by atoms with Gasteiger partial charge < -0.3 is 28.7 Å². The Morgan fingerprint density at radius 1 is 0.812 bits per heavy atom. The van der Waals surface area contributed by atoms with Crippen LogP contribution in [-0.2, 0) is 34.2 Å². The lowest BCUT2D eigenvalue weighted by molar-refractivity contribution is -0.130. The number of hydrogen-bond acceptors (Lipinski definition) is 8. The fraction of sp³-hybridized carbons (Fsp3) is 0.378. The second kappa shape index (κ2) is 15.3. The zero-order valence-electron chi connectivity index (χ0n) is 28.2. The largest absolute Gasteiger partial charge is 0.493 e. The van der Waals surface area contributed by atoms with Crippen LogP contribution in [0, 0.1) is 0 Å². The third-order valence-electron chi connectivity index (χ3n) is 9.12. The Hall–Kier alpha value is -4.32. The Morgan fingerprint density at radius 2 is 1.42 bits per heavy atom. The highest BCUT2D eigenvalue weighted by Crippen LogP contribution is 2.42. The molecule has 1 heterocycles. The number of fused-ring (bicyclic) bond motifs is 3. The lowest BCUT2D eigenvalue weighted by Crippen LogP contribution is -2.36. The minimum absolute atomic E-state index is 0.0730. The Kier molecular flexibility index (Phi) is 11.1. The molecule has 1 N–H and O–H groups in total. The van der Waals surface area contributed by atoms with Crippen LogP contribution in [0.3, 0.4) is 0 Å². The van der Waals surface area contributed by atoms with E-state index in [1.54, 1.807) is 40.6 Å². The van der Waals surface area contributed by atoms with Crippen molar-refractivity contribution in [1.29, 1.82) is 0 Å². The Bertz CT molecular complexity index is 1880. The van der Waals surface area contributed by atoms with Crippen molar-refractivity contribution >= 4 is 26.8 Å². The molecule has 4 aromatic rings. The minimum Gasteiger partial charge on any atom is -0.493 e. The van der Waals surface area contributed by atoms with Gasteiger partial charge in [-0.05, 0) is 102 Å². The molecule has 0 aromatic heterocycles. The van der Waals surface area contributed by atoms with Crippen LogP contribution in [0.4, 0.5) is 0 Å². The molecule has 4 aromatic carbocycles. The van der Waals surface area contributed by atoms with Crippen molar-refractivity contribution in [1.82, 2.24) is 9.80 Å². The maximum absolute atomic E-state index is 12.9. The number of nitrogens with zero attached hydrogens (tertiary/aromatic N) is 2. The van der Waals surface area contributed by atoms with Crippen molar-refractivity contribution in [2.24, 2.45) is 0 Å². The van der Waals surface area contributed by atoms with Gasteiger partial charge in [-0.2, -0.15) is 8.42 Å². The van der Waals surface area contributed by atoms with Gasteiger partial charge in [-0.15, -0.1) is 0 Å². The van der Waals surface area contributed by atoms with Gasteiger partial charge in [-0.25, -0.2) is 0 Å². The summed E-state index contributed by atoms with van der Waals surface area (Å²) in [5, 5.41) is 1.74. The quantitative estimate of drug-likeness (QED) is 0.209. The Morgan fingerprint density at radius 3 is 2.06 bits per heavy atom. The smallest absolute Gasteiger partial charge is 0.294 e. The molecule has 0 saturated carbocycles. The van der Waals surface area contributed by atoms with E-state index in [9.17, 15) is 13.2 Å². The number of benzene rings is 4. The summed E-state index contributed by atoms with van der Waals surface area (Å²) in [5.74, 6) is 3.69. The van der Waals surface area contributed by atoms with E-state index in [1.165, 1.54) is 28.8 Å². The first-order valence-corrected chi connectivity index (χ1v) is 17.4. The van der Waals surface area contributed by atoms with Crippen LogP contribution in [0.1, 0.15) is 34.6 Å². The second-order valence-corrected chi connectivity index (χ2v) is 13.6. The molecule has 0 spiro atoms. The zero-order chi connectivity index (χ0) is 34.4. The van der Waals surface area contributed by atoms with Crippen LogP contribution in [0.5, 0.6) is 23.0 Å². The van der Waals surface area contributed by atoms with E-state index in [4.69, 9.17) is 23.5 Å². The molecule has 1 aliphatic carbocycles. The summed E-state index contributed by atoms with van der Waals surface area (Å²) < 4.78 is 52.2. The molecule has 256 valence electrons. The Balaban J connectivity index is 0.000000267. The van der Waals surface area contributed by atoms with Gasteiger partial charge in [0.15, 0.2) is 23.0 Å². The van der Waals surface area contributed by atoms with E-state index in [0.29, 0.717) is 18.1 Å². The first-order chi connectivity index (χ1) is 23.0. The molecule has 1 aliphatic heterocycles. The van der Waals surface area contributed by atoms with Crippen LogP contribution in [-0.4, -0.2) is 90.3 Å². The third-order valence-corrected chi connectivity index (χ3v) is 9.97. The summed E-state index contributed by atoms with van der Waals surface area (Å²) in [6.07, 6.45) is 3.27. The van der Waals surface area contributed by atoms with Crippen molar-refractivity contribution in [2.75, 3.05) is 61.7 Å². The predicted octanol–water partition coefficient (Wildman–Crippen LogP) is 5.40. The molecule has 0 radical (unpaired) electrons. The number of likely N-dealkylation sites (N-methyl/N-ethyl adjacent to an activating group) is 1. The highest BCUT2D eigenvalue weighted by Gasteiger charge is 2.29. The van der Waals surface area contributed by atoms with Crippen LogP contribution in [0.15, 0.2) is 71.6 Å². The lowest BCUT2D eigenvalue weighted by Gasteiger charge is -2.34.